The maximum absolute atomic E-state index is 12.2. The molecule has 1 aliphatic carbocycles. The molecule has 1 aliphatic heterocycles. The molecule has 2 N–H and O–H groups in total. The number of carbonyl (C=O) groups excluding carboxylic acids is 2. The molecule has 1 aromatic rings. The Labute approximate surface area is 115 Å². The number of carboxylic acid groups (broad SMARTS) is 1. The Hall–Kier alpha value is -2.18. The first kappa shape index (κ1) is 12.8. The van der Waals surface area contributed by atoms with Crippen LogP contribution in [0.3, 0.4) is 0 Å². The Morgan fingerprint density at radius 3 is 2.35 bits per heavy atom. The summed E-state index contributed by atoms with van der Waals surface area (Å²) in [5.41, 5.74) is -0.307. The summed E-state index contributed by atoms with van der Waals surface area (Å²) < 4.78 is 0. The number of piperidine rings is 1. The van der Waals surface area contributed by atoms with Gasteiger partial charge in [-0.3, -0.25) is 14.7 Å². The number of imide groups is 1. The summed E-state index contributed by atoms with van der Waals surface area (Å²) in [5.74, 6) is -1.67. The number of hydrogen-bond acceptors (Lipinski definition) is 4. The first-order valence-corrected chi connectivity index (χ1v) is 6.65. The number of aromatic nitrogens is 2. The summed E-state index contributed by atoms with van der Waals surface area (Å²) in [4.78, 5) is 36.3. The van der Waals surface area contributed by atoms with Gasteiger partial charge < -0.3 is 5.11 Å². The molecule has 0 atom stereocenters. The molecule has 7 nitrogen and oxygen atoms in total. The molecule has 0 bridgehead atoms. The van der Waals surface area contributed by atoms with Gasteiger partial charge in [-0.05, 0) is 18.3 Å². The Morgan fingerprint density at radius 1 is 1.25 bits per heavy atom. The molecule has 1 aromatic heterocycles. The largest absolute Gasteiger partial charge is 0.477 e. The van der Waals surface area contributed by atoms with Crippen molar-refractivity contribution in [1.29, 1.82) is 0 Å². The smallest absolute Gasteiger partial charge is 0.353 e. The van der Waals surface area contributed by atoms with E-state index in [2.05, 4.69) is 10.2 Å². The number of hydrogen-bond donors (Lipinski definition) is 2. The first-order valence-electron chi connectivity index (χ1n) is 6.65. The lowest BCUT2D eigenvalue weighted by Gasteiger charge is -2.36. The van der Waals surface area contributed by atoms with Crippen LogP contribution in [0.1, 0.15) is 49.0 Å². The van der Waals surface area contributed by atoms with Crippen LogP contribution in [0.4, 0.5) is 5.82 Å². The van der Waals surface area contributed by atoms with Crippen molar-refractivity contribution in [3.63, 3.8) is 0 Å². The van der Waals surface area contributed by atoms with E-state index in [1.807, 2.05) is 0 Å². The molecule has 20 heavy (non-hydrogen) atoms. The molecule has 2 aliphatic rings. The van der Waals surface area contributed by atoms with Gasteiger partial charge in [-0.2, -0.15) is 5.10 Å². The molecule has 1 saturated carbocycles. The van der Waals surface area contributed by atoms with E-state index in [4.69, 9.17) is 5.11 Å². The van der Waals surface area contributed by atoms with E-state index in [-0.39, 0.29) is 28.7 Å². The van der Waals surface area contributed by atoms with Crippen LogP contribution < -0.4 is 4.90 Å². The van der Waals surface area contributed by atoms with Gasteiger partial charge in [0.05, 0.1) is 0 Å². The van der Waals surface area contributed by atoms with Gasteiger partial charge in [0.2, 0.25) is 11.8 Å². The van der Waals surface area contributed by atoms with Crippen LogP contribution in [0.15, 0.2) is 6.07 Å². The van der Waals surface area contributed by atoms with Gasteiger partial charge in [-0.1, -0.05) is 12.8 Å². The molecule has 2 amide bonds. The maximum atomic E-state index is 12.2. The first-order chi connectivity index (χ1) is 9.51. The minimum Gasteiger partial charge on any atom is -0.477 e. The van der Waals surface area contributed by atoms with E-state index in [1.54, 1.807) is 0 Å². The normalized spacial score (nSPS) is 21.7. The molecule has 0 aromatic carbocycles. The van der Waals surface area contributed by atoms with Gasteiger partial charge in [-0.15, -0.1) is 0 Å². The third kappa shape index (κ3) is 1.99. The number of carbonyl (C=O) groups is 3. The van der Waals surface area contributed by atoms with Crippen molar-refractivity contribution >= 4 is 23.6 Å². The standard InChI is InChI=1S/C13H15N3O4/c17-10-6-13(3-1-2-4-13)7-11(18)16(10)9-5-8(12(19)20)14-15-9/h5H,1-4,6-7H2,(H,14,15)(H,19,20). The summed E-state index contributed by atoms with van der Waals surface area (Å²) >= 11 is 0. The molecule has 0 radical (unpaired) electrons. The highest BCUT2D eigenvalue weighted by Crippen LogP contribution is 2.47. The zero-order valence-electron chi connectivity index (χ0n) is 10.9. The van der Waals surface area contributed by atoms with Crippen molar-refractivity contribution in [2.75, 3.05) is 4.90 Å². The van der Waals surface area contributed by atoms with Crippen LogP contribution in [-0.4, -0.2) is 33.1 Å². The predicted molar refractivity (Wildman–Crippen MR) is 68.2 cm³/mol. The fourth-order valence-corrected chi connectivity index (χ4v) is 3.27. The van der Waals surface area contributed by atoms with Gasteiger partial charge in [0.1, 0.15) is 5.69 Å². The minimum atomic E-state index is -1.17. The number of aromatic carboxylic acids is 1. The molecule has 1 saturated heterocycles. The molecule has 0 unspecified atom stereocenters. The third-order valence-corrected chi connectivity index (χ3v) is 4.24. The summed E-state index contributed by atoms with van der Waals surface area (Å²) in [6.07, 6.45) is 4.64. The summed E-state index contributed by atoms with van der Waals surface area (Å²) in [6, 6.07) is 1.21. The van der Waals surface area contributed by atoms with Gasteiger partial charge in [-0.25, -0.2) is 9.69 Å². The highest BCUT2D eigenvalue weighted by Gasteiger charge is 2.46. The average molecular weight is 277 g/mol. The Morgan fingerprint density at radius 2 is 1.85 bits per heavy atom. The third-order valence-electron chi connectivity index (χ3n) is 4.24. The van der Waals surface area contributed by atoms with Gasteiger partial charge in [0.15, 0.2) is 5.82 Å². The van der Waals surface area contributed by atoms with Gasteiger partial charge in [0.25, 0.3) is 0 Å². The lowest BCUT2D eigenvalue weighted by atomic mass is 9.76. The highest BCUT2D eigenvalue weighted by molar-refractivity contribution is 6.16. The van der Waals surface area contributed by atoms with E-state index in [1.165, 1.54) is 6.07 Å². The SMILES string of the molecule is O=C(O)c1cc(N2C(=O)CC3(CCCC3)CC2=O)n[nH]1. The maximum Gasteiger partial charge on any atom is 0.353 e. The lowest BCUT2D eigenvalue weighted by Crippen LogP contribution is -2.47. The Balaban J connectivity index is 1.85. The second kappa shape index (κ2) is 4.43. The number of nitrogens with zero attached hydrogens (tertiary/aromatic N) is 2. The van der Waals surface area contributed by atoms with Crippen molar-refractivity contribution in [3.05, 3.63) is 11.8 Å². The van der Waals surface area contributed by atoms with Crippen molar-refractivity contribution in [3.8, 4) is 0 Å². The number of rotatable bonds is 2. The number of carboxylic acids is 1. The summed E-state index contributed by atoms with van der Waals surface area (Å²) in [6.45, 7) is 0. The monoisotopic (exact) mass is 277 g/mol. The molecule has 3 rings (SSSR count). The zero-order valence-corrected chi connectivity index (χ0v) is 10.9. The van der Waals surface area contributed by atoms with Crippen molar-refractivity contribution in [1.82, 2.24) is 10.2 Å². The zero-order chi connectivity index (χ0) is 14.3. The highest BCUT2D eigenvalue weighted by atomic mass is 16.4. The fraction of sp³-hybridized carbons (Fsp3) is 0.538. The Bertz CT molecular complexity index is 566. The molecular formula is C13H15N3O4. The van der Waals surface area contributed by atoms with E-state index in [0.29, 0.717) is 12.8 Å². The van der Waals surface area contributed by atoms with E-state index < -0.39 is 5.97 Å². The quantitative estimate of drug-likeness (QED) is 0.793. The average Bonchev–Trinajstić information content (AvgIpc) is 2.98. The Kier molecular flexibility index (Phi) is 2.84. The van der Waals surface area contributed by atoms with Crippen LogP contribution >= 0.6 is 0 Å². The fourth-order valence-electron chi connectivity index (χ4n) is 3.27. The lowest BCUT2D eigenvalue weighted by molar-refractivity contribution is -0.133. The number of aromatic amines is 1. The van der Waals surface area contributed by atoms with E-state index in [0.717, 1.165) is 30.6 Å². The van der Waals surface area contributed by atoms with Crippen molar-refractivity contribution < 1.29 is 19.5 Å². The van der Waals surface area contributed by atoms with Crippen LogP contribution in [-0.2, 0) is 9.59 Å². The van der Waals surface area contributed by atoms with Crippen LogP contribution in [0.2, 0.25) is 0 Å². The predicted octanol–water partition coefficient (Wildman–Crippen LogP) is 1.32. The van der Waals surface area contributed by atoms with E-state index in [9.17, 15) is 14.4 Å². The van der Waals surface area contributed by atoms with Crippen LogP contribution in [0.5, 0.6) is 0 Å². The number of H-pyrrole nitrogens is 1. The van der Waals surface area contributed by atoms with Gasteiger partial charge in [0, 0.05) is 18.9 Å². The molecule has 2 heterocycles. The second-order valence-electron chi connectivity index (χ2n) is 5.63. The number of anilines is 1. The minimum absolute atomic E-state index is 0.0743. The van der Waals surface area contributed by atoms with E-state index >= 15 is 0 Å². The summed E-state index contributed by atoms with van der Waals surface area (Å²) in [7, 11) is 0. The van der Waals surface area contributed by atoms with Crippen LogP contribution in [0.25, 0.3) is 0 Å². The number of nitrogens with one attached hydrogen (secondary N) is 1. The topological polar surface area (TPSA) is 103 Å². The molecule has 106 valence electrons. The molecule has 2 fully saturated rings. The van der Waals surface area contributed by atoms with Gasteiger partial charge >= 0.3 is 5.97 Å². The molecule has 7 heteroatoms. The molecular weight excluding hydrogens is 262 g/mol. The van der Waals surface area contributed by atoms with Crippen LogP contribution in [0, 0.1) is 5.41 Å². The van der Waals surface area contributed by atoms with Crippen molar-refractivity contribution in [2.45, 2.75) is 38.5 Å². The summed E-state index contributed by atoms with van der Waals surface area (Å²) in [5, 5.41) is 14.9. The second-order valence-corrected chi connectivity index (χ2v) is 5.63. The van der Waals surface area contributed by atoms with Crippen molar-refractivity contribution in [2.24, 2.45) is 5.41 Å². The number of amides is 2. The molecule has 1 spiro atoms.